The third-order valence-corrected chi connectivity index (χ3v) is 9.42. The minimum Gasteiger partial charge on any atom is -0.399 e. The predicted octanol–water partition coefficient (Wildman–Crippen LogP) is 10.9. The van der Waals surface area contributed by atoms with E-state index in [0.29, 0.717) is 6.42 Å². The SMILES string of the molecule is Nc1ccc(-c2ccc(N)cc2C2(N(c3cccc4ccccc34)c3cccc4ccccc34)C=CC(c3ccccc3)=CC2)cc1. The van der Waals surface area contributed by atoms with Crippen LogP contribution in [0.15, 0.2) is 176 Å². The van der Waals surface area contributed by atoms with Gasteiger partial charge in [0.2, 0.25) is 0 Å². The molecule has 1 atom stereocenters. The fourth-order valence-electron chi connectivity index (χ4n) is 7.16. The molecule has 1 unspecified atom stereocenters. The first kappa shape index (κ1) is 28.4. The largest absolute Gasteiger partial charge is 0.399 e. The molecule has 0 aromatic heterocycles. The number of fused-ring (bicyclic) bond motifs is 2. The van der Waals surface area contributed by atoms with E-state index in [2.05, 4.69) is 163 Å². The maximum Gasteiger partial charge on any atom is 0.0931 e. The van der Waals surface area contributed by atoms with Gasteiger partial charge in [-0.1, -0.05) is 140 Å². The summed E-state index contributed by atoms with van der Waals surface area (Å²) in [4.78, 5) is 2.56. The van der Waals surface area contributed by atoms with Crippen molar-refractivity contribution in [2.45, 2.75) is 12.0 Å². The summed E-state index contributed by atoms with van der Waals surface area (Å²) in [5.41, 5.74) is 21.7. The van der Waals surface area contributed by atoms with Crippen molar-refractivity contribution in [2.75, 3.05) is 16.4 Å². The highest BCUT2D eigenvalue weighted by molar-refractivity contribution is 6.03. The third kappa shape index (κ3) is 5.03. The van der Waals surface area contributed by atoms with E-state index in [4.69, 9.17) is 11.5 Å². The Labute approximate surface area is 275 Å². The van der Waals surface area contributed by atoms with Gasteiger partial charge in [0.05, 0.1) is 16.9 Å². The van der Waals surface area contributed by atoms with E-state index in [-0.39, 0.29) is 0 Å². The maximum absolute atomic E-state index is 6.69. The molecule has 1 aliphatic rings. The Bertz CT molecular complexity index is 2210. The van der Waals surface area contributed by atoms with Gasteiger partial charge in [0.25, 0.3) is 0 Å². The number of nitrogens with two attached hydrogens (primary N) is 2. The number of anilines is 4. The van der Waals surface area contributed by atoms with Crippen LogP contribution in [0, 0.1) is 0 Å². The Kier molecular flexibility index (Phi) is 7.08. The quantitative estimate of drug-likeness (QED) is 0.185. The normalized spacial score (nSPS) is 15.9. The fourth-order valence-corrected chi connectivity index (χ4v) is 7.16. The van der Waals surface area contributed by atoms with Gasteiger partial charge in [-0.2, -0.15) is 0 Å². The molecule has 7 aromatic rings. The molecule has 0 amide bonds. The zero-order valence-corrected chi connectivity index (χ0v) is 26.1. The molecule has 8 rings (SSSR count). The van der Waals surface area contributed by atoms with Gasteiger partial charge in [-0.3, -0.25) is 0 Å². The molecular formula is C44H35N3. The minimum atomic E-state index is -0.654. The van der Waals surface area contributed by atoms with Gasteiger partial charge in [0, 0.05) is 22.1 Å². The van der Waals surface area contributed by atoms with Crippen LogP contribution < -0.4 is 16.4 Å². The van der Waals surface area contributed by atoms with Crippen LogP contribution in [-0.2, 0) is 5.54 Å². The van der Waals surface area contributed by atoms with Gasteiger partial charge in [0.1, 0.15) is 0 Å². The van der Waals surface area contributed by atoms with Crippen LogP contribution in [0.1, 0.15) is 17.5 Å². The first-order chi connectivity index (χ1) is 23.1. The molecule has 3 heteroatoms. The number of nitrogens with zero attached hydrogens (tertiary/aromatic N) is 1. The first-order valence-electron chi connectivity index (χ1n) is 16.1. The standard InChI is InChI=1S/C44H35N3/c45-36-22-20-35(21-23-36)38-25-24-37(46)30-41(38)44(28-26-32(27-29-44)31-10-2-1-3-11-31)47(42-18-8-14-33-12-4-6-16-39(33)42)43-19-9-15-34-13-5-7-17-40(34)43/h1-28,30H,29,45-46H2. The van der Waals surface area contributed by atoms with Crippen molar-refractivity contribution < 1.29 is 0 Å². The maximum atomic E-state index is 6.69. The van der Waals surface area contributed by atoms with Gasteiger partial charge >= 0.3 is 0 Å². The van der Waals surface area contributed by atoms with Gasteiger partial charge in [-0.25, -0.2) is 0 Å². The average Bonchev–Trinajstić information content (AvgIpc) is 3.13. The molecular weight excluding hydrogens is 571 g/mol. The van der Waals surface area contributed by atoms with Gasteiger partial charge in [0.15, 0.2) is 0 Å². The van der Waals surface area contributed by atoms with Crippen LogP contribution in [-0.4, -0.2) is 0 Å². The van der Waals surface area contributed by atoms with Crippen molar-refractivity contribution in [2.24, 2.45) is 0 Å². The number of allylic oxidation sites excluding steroid dienone is 2. The summed E-state index contributed by atoms with van der Waals surface area (Å²) in [6.07, 6.45) is 7.78. The van der Waals surface area contributed by atoms with Gasteiger partial charge in [-0.05, 0) is 81.4 Å². The van der Waals surface area contributed by atoms with Crippen LogP contribution >= 0.6 is 0 Å². The van der Waals surface area contributed by atoms with Gasteiger partial charge in [-0.15, -0.1) is 0 Å². The molecule has 7 aromatic carbocycles. The Balaban J connectivity index is 1.48. The van der Waals surface area contributed by atoms with E-state index in [9.17, 15) is 0 Å². The van der Waals surface area contributed by atoms with Crippen molar-refractivity contribution in [3.8, 4) is 11.1 Å². The molecule has 4 N–H and O–H groups in total. The lowest BCUT2D eigenvalue weighted by Gasteiger charge is -2.47. The van der Waals surface area contributed by atoms with E-state index in [1.165, 1.54) is 32.7 Å². The summed E-state index contributed by atoms with van der Waals surface area (Å²) in [5, 5.41) is 4.76. The number of benzene rings is 7. The Morgan fingerprint density at radius 1 is 0.511 bits per heavy atom. The zero-order valence-electron chi connectivity index (χ0n) is 26.1. The summed E-state index contributed by atoms with van der Waals surface area (Å²) in [5.74, 6) is 0. The van der Waals surface area contributed by atoms with Crippen molar-refractivity contribution in [1.29, 1.82) is 0 Å². The molecule has 3 nitrogen and oxygen atoms in total. The van der Waals surface area contributed by atoms with E-state index in [0.717, 1.165) is 39.4 Å². The minimum absolute atomic E-state index is 0.654. The Morgan fingerprint density at radius 3 is 1.70 bits per heavy atom. The molecule has 0 spiro atoms. The highest BCUT2D eigenvalue weighted by atomic mass is 15.2. The second-order valence-corrected chi connectivity index (χ2v) is 12.2. The molecule has 0 saturated carbocycles. The van der Waals surface area contributed by atoms with Crippen molar-refractivity contribution in [1.82, 2.24) is 0 Å². The first-order valence-corrected chi connectivity index (χ1v) is 16.1. The number of hydrogen-bond donors (Lipinski definition) is 2. The van der Waals surface area contributed by atoms with Crippen molar-refractivity contribution in [3.05, 3.63) is 187 Å². The second-order valence-electron chi connectivity index (χ2n) is 12.2. The molecule has 47 heavy (non-hydrogen) atoms. The third-order valence-electron chi connectivity index (χ3n) is 9.42. The number of nitrogen functional groups attached to an aromatic ring is 2. The molecule has 0 radical (unpaired) electrons. The van der Waals surface area contributed by atoms with E-state index in [1.54, 1.807) is 0 Å². The molecule has 226 valence electrons. The van der Waals surface area contributed by atoms with Gasteiger partial charge < -0.3 is 16.4 Å². The summed E-state index contributed by atoms with van der Waals surface area (Å²) in [6, 6.07) is 55.7. The number of rotatable bonds is 6. The highest BCUT2D eigenvalue weighted by Crippen LogP contribution is 2.52. The number of hydrogen-bond acceptors (Lipinski definition) is 3. The second kappa shape index (κ2) is 11.7. The summed E-state index contributed by atoms with van der Waals surface area (Å²) < 4.78 is 0. The van der Waals surface area contributed by atoms with E-state index >= 15 is 0 Å². The van der Waals surface area contributed by atoms with Crippen LogP contribution in [0.5, 0.6) is 0 Å². The fraction of sp³-hybridized carbons (Fsp3) is 0.0455. The van der Waals surface area contributed by atoms with E-state index in [1.807, 2.05) is 18.2 Å². The van der Waals surface area contributed by atoms with Crippen molar-refractivity contribution in [3.63, 3.8) is 0 Å². The van der Waals surface area contributed by atoms with Crippen LogP contribution in [0.4, 0.5) is 22.7 Å². The highest BCUT2D eigenvalue weighted by Gasteiger charge is 2.41. The zero-order chi connectivity index (χ0) is 31.8. The molecule has 0 fully saturated rings. The summed E-state index contributed by atoms with van der Waals surface area (Å²) >= 11 is 0. The van der Waals surface area contributed by atoms with Crippen molar-refractivity contribution >= 4 is 49.9 Å². The molecule has 0 bridgehead atoms. The topological polar surface area (TPSA) is 55.3 Å². The molecule has 1 aliphatic carbocycles. The summed E-state index contributed by atoms with van der Waals surface area (Å²) in [6.45, 7) is 0. The van der Waals surface area contributed by atoms with Crippen LogP contribution in [0.3, 0.4) is 0 Å². The lowest BCUT2D eigenvalue weighted by atomic mass is 9.75. The lowest BCUT2D eigenvalue weighted by Crippen LogP contribution is -2.43. The monoisotopic (exact) mass is 605 g/mol. The Morgan fingerprint density at radius 2 is 1.09 bits per heavy atom. The average molecular weight is 606 g/mol. The Hall–Kier alpha value is -6.06. The molecule has 0 heterocycles. The van der Waals surface area contributed by atoms with Crippen LogP contribution in [0.2, 0.25) is 0 Å². The smallest absolute Gasteiger partial charge is 0.0931 e. The molecule has 0 aliphatic heterocycles. The van der Waals surface area contributed by atoms with Crippen LogP contribution in [0.25, 0.3) is 38.2 Å². The lowest BCUT2D eigenvalue weighted by molar-refractivity contribution is 0.552. The van der Waals surface area contributed by atoms with E-state index < -0.39 is 5.54 Å². The summed E-state index contributed by atoms with van der Waals surface area (Å²) in [7, 11) is 0. The molecule has 0 saturated heterocycles. The predicted molar refractivity (Wildman–Crippen MR) is 201 cm³/mol.